The van der Waals surface area contributed by atoms with Gasteiger partial charge in [0.2, 0.25) is 11.8 Å². The van der Waals surface area contributed by atoms with Gasteiger partial charge in [-0.2, -0.15) is 0 Å². The lowest BCUT2D eigenvalue weighted by Crippen LogP contribution is -2.29. The molecule has 0 fully saturated rings. The number of hydrogen-bond acceptors (Lipinski definition) is 5. The zero-order valence-electron chi connectivity index (χ0n) is 13.7. The number of carbonyl (C=O) groups excluding carboxylic acids is 1. The number of carbonyl (C=O) groups is 1. The summed E-state index contributed by atoms with van der Waals surface area (Å²) < 4.78 is 5.60. The van der Waals surface area contributed by atoms with Gasteiger partial charge in [-0.15, -0.1) is 21.5 Å². The van der Waals surface area contributed by atoms with Crippen molar-refractivity contribution < 1.29 is 9.21 Å². The van der Waals surface area contributed by atoms with Gasteiger partial charge in [0.25, 0.3) is 5.89 Å². The highest BCUT2D eigenvalue weighted by Crippen LogP contribution is 2.27. The van der Waals surface area contributed by atoms with E-state index >= 15 is 0 Å². The third-order valence-electron chi connectivity index (χ3n) is 3.81. The summed E-state index contributed by atoms with van der Waals surface area (Å²) in [4.78, 5) is 13.0. The van der Waals surface area contributed by atoms with E-state index in [9.17, 15) is 4.79 Å². The molecular weight excluding hydrogens is 322 g/mol. The lowest BCUT2D eigenvalue weighted by Gasteiger charge is -2.12. The number of benzene rings is 1. The van der Waals surface area contributed by atoms with E-state index in [0.29, 0.717) is 18.3 Å². The van der Waals surface area contributed by atoms with Crippen molar-refractivity contribution in [2.45, 2.75) is 26.2 Å². The van der Waals surface area contributed by atoms with E-state index in [2.05, 4.69) is 34.6 Å². The molecule has 2 aromatic heterocycles. The molecule has 1 N–H and O–H groups in total. The number of nitrogens with one attached hydrogen (secondary N) is 1. The highest BCUT2D eigenvalue weighted by molar-refractivity contribution is 7.13. The highest BCUT2D eigenvalue weighted by atomic mass is 32.1. The second-order valence-electron chi connectivity index (χ2n) is 5.73. The first-order valence-corrected chi connectivity index (χ1v) is 8.70. The summed E-state index contributed by atoms with van der Waals surface area (Å²) in [5, 5.41) is 12.9. The van der Waals surface area contributed by atoms with Crippen molar-refractivity contribution in [1.82, 2.24) is 15.5 Å². The van der Waals surface area contributed by atoms with Crippen molar-refractivity contribution in [3.63, 3.8) is 0 Å². The number of hydrogen-bond donors (Lipinski definition) is 1. The number of aryl methyl sites for hydroxylation is 1. The number of amides is 1. The van der Waals surface area contributed by atoms with Gasteiger partial charge in [0.1, 0.15) is 6.42 Å². The highest BCUT2D eigenvalue weighted by Gasteiger charge is 2.15. The van der Waals surface area contributed by atoms with Gasteiger partial charge in [-0.05, 0) is 35.4 Å². The Labute approximate surface area is 144 Å². The lowest BCUT2D eigenvalue weighted by atomic mass is 10.0. The first kappa shape index (κ1) is 16.4. The molecule has 3 rings (SSSR count). The topological polar surface area (TPSA) is 68.0 Å². The summed E-state index contributed by atoms with van der Waals surface area (Å²) in [6.45, 7) is 4.65. The van der Waals surface area contributed by atoms with Crippen LogP contribution in [0.2, 0.25) is 0 Å². The van der Waals surface area contributed by atoms with Crippen LogP contribution in [0.4, 0.5) is 0 Å². The molecular formula is C18H19N3O2S. The maximum Gasteiger partial charge on any atom is 0.258 e. The van der Waals surface area contributed by atoms with Crippen LogP contribution in [0.5, 0.6) is 0 Å². The Morgan fingerprint density at radius 1 is 1.25 bits per heavy atom. The summed E-state index contributed by atoms with van der Waals surface area (Å²) in [5.74, 6) is 0.948. The van der Waals surface area contributed by atoms with E-state index in [1.807, 2.05) is 36.6 Å². The molecule has 0 unspecified atom stereocenters. The molecule has 0 spiro atoms. The van der Waals surface area contributed by atoms with Crippen LogP contribution in [0.1, 0.15) is 29.9 Å². The van der Waals surface area contributed by atoms with Crippen LogP contribution in [-0.2, 0) is 11.2 Å². The van der Waals surface area contributed by atoms with Crippen molar-refractivity contribution >= 4 is 17.2 Å². The zero-order chi connectivity index (χ0) is 16.9. The molecule has 3 aromatic rings. The molecule has 6 heteroatoms. The molecule has 1 aromatic carbocycles. The average molecular weight is 341 g/mol. The first-order valence-electron chi connectivity index (χ1n) is 7.82. The minimum absolute atomic E-state index is 0.0962. The largest absolute Gasteiger partial charge is 0.419 e. The number of nitrogens with zero attached hydrogens (tertiary/aromatic N) is 2. The molecule has 0 saturated heterocycles. The Hall–Kier alpha value is -2.47. The van der Waals surface area contributed by atoms with Gasteiger partial charge in [0.15, 0.2) is 0 Å². The van der Waals surface area contributed by atoms with Crippen LogP contribution in [0.25, 0.3) is 10.8 Å². The van der Waals surface area contributed by atoms with Crippen molar-refractivity contribution in [3.05, 3.63) is 58.8 Å². The van der Waals surface area contributed by atoms with E-state index in [-0.39, 0.29) is 18.2 Å². The molecule has 0 aliphatic rings. The van der Waals surface area contributed by atoms with E-state index < -0.39 is 0 Å². The fraction of sp³-hybridized carbons (Fsp3) is 0.278. The Balaban J connectivity index is 1.54. The minimum atomic E-state index is -0.115. The van der Waals surface area contributed by atoms with Gasteiger partial charge in [-0.25, -0.2) is 0 Å². The molecule has 0 aliphatic carbocycles. The summed E-state index contributed by atoms with van der Waals surface area (Å²) in [7, 11) is 0. The first-order chi connectivity index (χ1) is 11.6. The Morgan fingerprint density at radius 2 is 2.04 bits per heavy atom. The quantitative estimate of drug-likeness (QED) is 0.744. The zero-order valence-corrected chi connectivity index (χ0v) is 14.5. The molecule has 1 amide bonds. The Kier molecular flexibility index (Phi) is 5.05. The van der Waals surface area contributed by atoms with Gasteiger partial charge in [-0.1, -0.05) is 37.3 Å². The third kappa shape index (κ3) is 3.89. The normalized spacial score (nSPS) is 12.1. The fourth-order valence-corrected chi connectivity index (χ4v) is 3.22. The second-order valence-corrected chi connectivity index (χ2v) is 6.64. The lowest BCUT2D eigenvalue weighted by molar-refractivity contribution is -0.120. The van der Waals surface area contributed by atoms with Crippen molar-refractivity contribution in [1.29, 1.82) is 0 Å². The molecule has 0 bridgehead atoms. The predicted molar refractivity (Wildman–Crippen MR) is 93.9 cm³/mol. The van der Waals surface area contributed by atoms with Gasteiger partial charge < -0.3 is 9.73 Å². The smallest absolute Gasteiger partial charge is 0.258 e. The second kappa shape index (κ2) is 7.40. The molecule has 0 saturated carbocycles. The van der Waals surface area contributed by atoms with Gasteiger partial charge in [0.05, 0.1) is 4.88 Å². The standard InChI is InChI=1S/C18H19N3O2S/c1-12-8-9-24-17(12)18-21-20-16(23-18)10-15(22)19-11-13(2)14-6-4-3-5-7-14/h3-9,13H,10-11H2,1-2H3,(H,19,22)/t13-/m0/s1. The molecule has 5 nitrogen and oxygen atoms in total. The van der Waals surface area contributed by atoms with E-state index in [0.717, 1.165) is 10.4 Å². The maximum absolute atomic E-state index is 12.1. The van der Waals surface area contributed by atoms with Crippen LogP contribution in [0, 0.1) is 6.92 Å². The monoisotopic (exact) mass is 341 g/mol. The summed E-state index contributed by atoms with van der Waals surface area (Å²) in [6.07, 6.45) is 0.0962. The van der Waals surface area contributed by atoms with Crippen LogP contribution in [0.3, 0.4) is 0 Å². The van der Waals surface area contributed by atoms with Gasteiger partial charge >= 0.3 is 0 Å². The summed E-state index contributed by atoms with van der Waals surface area (Å²) >= 11 is 1.55. The van der Waals surface area contributed by atoms with E-state index in [1.54, 1.807) is 11.3 Å². The van der Waals surface area contributed by atoms with Gasteiger partial charge in [0, 0.05) is 6.54 Å². The van der Waals surface area contributed by atoms with Crippen molar-refractivity contribution in [3.8, 4) is 10.8 Å². The third-order valence-corrected chi connectivity index (χ3v) is 4.81. The van der Waals surface area contributed by atoms with Crippen LogP contribution in [0.15, 0.2) is 46.2 Å². The summed E-state index contributed by atoms with van der Waals surface area (Å²) in [5.41, 5.74) is 2.29. The SMILES string of the molecule is Cc1ccsc1-c1nnc(CC(=O)NC[C@H](C)c2ccccc2)o1. The van der Waals surface area contributed by atoms with Crippen LogP contribution < -0.4 is 5.32 Å². The molecule has 1 atom stereocenters. The molecule has 124 valence electrons. The maximum atomic E-state index is 12.1. The van der Waals surface area contributed by atoms with E-state index in [4.69, 9.17) is 4.42 Å². The van der Waals surface area contributed by atoms with Crippen LogP contribution >= 0.6 is 11.3 Å². The number of thiophene rings is 1. The molecule has 0 radical (unpaired) electrons. The van der Waals surface area contributed by atoms with Gasteiger partial charge in [-0.3, -0.25) is 4.79 Å². The van der Waals surface area contributed by atoms with E-state index in [1.165, 1.54) is 5.56 Å². The fourth-order valence-electron chi connectivity index (χ4n) is 2.37. The van der Waals surface area contributed by atoms with Crippen molar-refractivity contribution in [2.24, 2.45) is 0 Å². The Morgan fingerprint density at radius 3 is 2.75 bits per heavy atom. The number of aromatic nitrogens is 2. The van der Waals surface area contributed by atoms with Crippen LogP contribution in [-0.4, -0.2) is 22.6 Å². The number of rotatable bonds is 6. The predicted octanol–water partition coefficient (Wildman–Crippen LogP) is 3.57. The average Bonchev–Trinajstić information content (AvgIpc) is 3.22. The Bertz CT molecular complexity index is 811. The molecule has 24 heavy (non-hydrogen) atoms. The molecule has 0 aliphatic heterocycles. The summed E-state index contributed by atoms with van der Waals surface area (Å²) in [6, 6.07) is 12.1. The molecule has 2 heterocycles. The van der Waals surface area contributed by atoms with Crippen molar-refractivity contribution in [2.75, 3.05) is 6.54 Å². The minimum Gasteiger partial charge on any atom is -0.419 e.